The molecule has 304 valence electrons. The van der Waals surface area contributed by atoms with Gasteiger partial charge in [-0.3, -0.25) is 0 Å². The van der Waals surface area contributed by atoms with Crippen molar-refractivity contribution in [2.24, 2.45) is 0 Å². The fourth-order valence-electron chi connectivity index (χ4n) is 27.0. The Labute approximate surface area is 402 Å². The summed E-state index contributed by atoms with van der Waals surface area (Å²) in [6.07, 6.45) is 0. The molecular formula is C74H8. The minimum atomic E-state index is -0.364. The number of benzene rings is 21. The van der Waals surface area contributed by atoms with E-state index in [0.29, 0.717) is 0 Å². The van der Waals surface area contributed by atoms with Crippen molar-refractivity contribution in [1.29, 1.82) is 0 Å². The third-order valence-corrected chi connectivity index (χ3v) is 27.0. The predicted octanol–water partition coefficient (Wildman–Crippen LogP) is 20.0. The van der Waals surface area contributed by atoms with E-state index in [-0.39, 0.29) is 10.8 Å². The molecule has 0 heterocycles. The maximum Gasteiger partial charge on any atom is 0.0665 e. The van der Waals surface area contributed by atoms with Crippen molar-refractivity contribution in [3.8, 4) is 0 Å². The number of rotatable bonds is 0. The minimum Gasteiger partial charge on any atom is -0.0616 e. The van der Waals surface area contributed by atoms with Gasteiger partial charge in [-0.25, -0.2) is 0 Å². The molecule has 74 heavy (non-hydrogen) atoms. The van der Waals surface area contributed by atoms with Gasteiger partial charge in [-0.2, -0.15) is 0 Å². The molecule has 2 spiro atoms. The van der Waals surface area contributed by atoms with Gasteiger partial charge < -0.3 is 0 Å². The van der Waals surface area contributed by atoms with Crippen LogP contribution in [0.15, 0.2) is 48.5 Å². The third kappa shape index (κ3) is 1.39. The van der Waals surface area contributed by atoms with Gasteiger partial charge in [-0.05, 0) is 346 Å². The van der Waals surface area contributed by atoms with Crippen LogP contribution >= 0.6 is 0 Å². The molecule has 0 nitrogen and oxygen atoms in total. The SMILES string of the molecule is c1ccc2c(c1)c1c(c3ccccc32)C23c4c5c6c7c8c9c(c%10c%11c2c2c4c4c%12c5c5c6c6c8c8c%13c9c9c%10c%10c%11c%11c2c2c4c4c%12c%12c5c5c6c8c6c8c%13c9c9c%10c%10c%11c2c2c4c4c%12c5c6c5c8c9c%10c2c45)C173. The molecule has 5 aliphatic rings. The summed E-state index contributed by atoms with van der Waals surface area (Å²) in [5.41, 5.74) is 9.61. The Hall–Kier alpha value is -9.36. The number of hydrogen-bond acceptors (Lipinski definition) is 0. The van der Waals surface area contributed by atoms with Gasteiger partial charge in [-0.1, -0.05) is 48.5 Å². The smallest absolute Gasteiger partial charge is 0.0616 e. The molecule has 31 aromatic rings. The summed E-state index contributed by atoms with van der Waals surface area (Å²) in [6.45, 7) is 0. The lowest BCUT2D eigenvalue weighted by Crippen LogP contribution is -2.62. The van der Waals surface area contributed by atoms with Gasteiger partial charge in [0.15, 0.2) is 0 Å². The van der Waals surface area contributed by atoms with Gasteiger partial charge in [0, 0.05) is 0 Å². The van der Waals surface area contributed by atoms with Gasteiger partial charge in [0.1, 0.15) is 0 Å². The first-order valence-electron chi connectivity index (χ1n) is 27.7. The van der Waals surface area contributed by atoms with E-state index in [1.54, 1.807) is 324 Å². The molecule has 0 atom stereocenters. The van der Waals surface area contributed by atoms with Crippen molar-refractivity contribution < 1.29 is 0 Å². The first kappa shape index (κ1) is 26.9. The first-order valence-corrected chi connectivity index (χ1v) is 27.7. The summed E-state index contributed by atoms with van der Waals surface area (Å²) in [5.74, 6) is 0. The standard InChI is InChI=1S/C74H8/c1-3-7-11-9(5-1)10-6-2-4-8-12(10)68-67(11)73-69-59-51-41-31-23-15-13-14-17-21-19(15)27-35-29(21)39-33-25(17)26-18(14)22-20-16(13)24(23)32-38-28(20)36-30(22)40-34(26)44-43(33)53-47(39)57-49(35)55(45(51)37(27)31)63(69)65(57)71-61(53)62-54(44)48(40)58-50(36)56-46(38)52(42(32)41)60(59)70(73)64(56)66(58)72(62)74(68,71)73/h1-8H. The second-order valence-electron chi connectivity index (χ2n) is 27.1. The molecule has 0 aliphatic heterocycles. The van der Waals surface area contributed by atoms with Crippen LogP contribution in [0.2, 0.25) is 0 Å². The highest BCUT2D eigenvalue weighted by Crippen LogP contribution is 2.89. The van der Waals surface area contributed by atoms with Gasteiger partial charge >= 0.3 is 0 Å². The normalized spacial score (nSPS) is 21.6. The highest BCUT2D eigenvalue weighted by molar-refractivity contribution is 6.82. The second-order valence-corrected chi connectivity index (χ2v) is 27.1. The maximum atomic E-state index is 2.58. The molecule has 0 heteroatoms. The zero-order valence-corrected chi connectivity index (χ0v) is 37.6. The summed E-state index contributed by atoms with van der Waals surface area (Å²) in [4.78, 5) is 0. The summed E-state index contributed by atoms with van der Waals surface area (Å²) in [7, 11) is 0. The Morgan fingerprint density at radius 1 is 0.122 bits per heavy atom. The van der Waals surface area contributed by atoms with Crippen molar-refractivity contribution in [2.75, 3.05) is 0 Å². The molecule has 0 aromatic heterocycles. The van der Waals surface area contributed by atoms with E-state index >= 15 is 0 Å². The molecule has 0 unspecified atom stereocenters. The van der Waals surface area contributed by atoms with Gasteiger partial charge in [0.25, 0.3) is 0 Å². The van der Waals surface area contributed by atoms with Crippen LogP contribution < -0.4 is 0 Å². The summed E-state index contributed by atoms with van der Waals surface area (Å²) >= 11 is 0. The fraction of sp³-hybridized carbons (Fsp3) is 0.0270. The van der Waals surface area contributed by atoms with Crippen molar-refractivity contribution in [1.82, 2.24) is 0 Å². The van der Waals surface area contributed by atoms with Crippen molar-refractivity contribution >= 4 is 312 Å². The third-order valence-electron chi connectivity index (χ3n) is 27.0. The molecule has 0 amide bonds. The lowest BCUT2D eigenvalue weighted by Gasteiger charge is -2.64. The fourth-order valence-corrected chi connectivity index (χ4v) is 27.0. The average Bonchev–Trinajstić information content (AvgIpc) is 2.60. The van der Waals surface area contributed by atoms with Crippen LogP contribution in [-0.4, -0.2) is 0 Å². The van der Waals surface area contributed by atoms with Crippen LogP contribution in [0.25, 0.3) is 312 Å². The second kappa shape index (κ2) is 6.08. The minimum absolute atomic E-state index is 0.364. The number of hydrogen-bond donors (Lipinski definition) is 0. The van der Waals surface area contributed by atoms with Crippen molar-refractivity contribution in [2.45, 2.75) is 10.8 Å². The van der Waals surface area contributed by atoms with Gasteiger partial charge in [0.05, 0.1) is 10.8 Å². The molecule has 0 fully saturated rings. The van der Waals surface area contributed by atoms with Gasteiger partial charge in [-0.15, -0.1) is 0 Å². The molecule has 5 aliphatic carbocycles. The van der Waals surface area contributed by atoms with Crippen molar-refractivity contribution in [3.05, 3.63) is 81.9 Å². The Bertz CT molecular complexity index is 7430. The van der Waals surface area contributed by atoms with Crippen LogP contribution in [0.4, 0.5) is 0 Å². The molecule has 0 saturated carbocycles. The van der Waals surface area contributed by atoms with E-state index in [1.165, 1.54) is 21.5 Å². The van der Waals surface area contributed by atoms with E-state index in [9.17, 15) is 0 Å². The highest BCUT2D eigenvalue weighted by atomic mass is 14.8. The zero-order chi connectivity index (χ0) is 43.6. The Morgan fingerprint density at radius 3 is 0.392 bits per heavy atom. The van der Waals surface area contributed by atoms with Crippen LogP contribution in [0.5, 0.6) is 0 Å². The largest absolute Gasteiger partial charge is 0.0665 e. The van der Waals surface area contributed by atoms with E-state index in [2.05, 4.69) is 48.5 Å². The topological polar surface area (TPSA) is 0 Å². The molecular weight excluding hydrogens is 889 g/mol. The van der Waals surface area contributed by atoms with Gasteiger partial charge in [0.2, 0.25) is 0 Å². The molecule has 36 rings (SSSR count). The maximum absolute atomic E-state index is 2.58. The molecule has 0 N–H and O–H groups in total. The van der Waals surface area contributed by atoms with Crippen LogP contribution in [0.3, 0.4) is 0 Å². The summed E-state index contributed by atoms with van der Waals surface area (Å²) in [5, 5.41) is 95.9. The Balaban J connectivity index is 1.15. The highest BCUT2D eigenvalue weighted by Gasteiger charge is 2.77. The van der Waals surface area contributed by atoms with E-state index in [0.717, 1.165) is 0 Å². The zero-order valence-electron chi connectivity index (χ0n) is 37.6. The van der Waals surface area contributed by atoms with Crippen molar-refractivity contribution in [3.63, 3.8) is 0 Å². The Kier molecular flexibility index (Phi) is 2.21. The summed E-state index contributed by atoms with van der Waals surface area (Å²) < 4.78 is 0. The van der Waals surface area contributed by atoms with E-state index in [1.807, 2.05) is 0 Å². The van der Waals surface area contributed by atoms with Crippen LogP contribution in [0, 0.1) is 0 Å². The monoisotopic (exact) mass is 896 g/mol. The lowest BCUT2D eigenvalue weighted by atomic mass is 9.35. The van der Waals surface area contributed by atoms with Crippen LogP contribution in [-0.2, 0) is 10.8 Å². The predicted molar refractivity (Wildman–Crippen MR) is 314 cm³/mol. The molecule has 31 aromatic carbocycles. The number of fused-ring (bicyclic) bond motifs is 6. The molecule has 0 radical (unpaired) electrons. The lowest BCUT2D eigenvalue weighted by molar-refractivity contribution is 0.381. The quantitative estimate of drug-likeness (QED) is 0.133. The van der Waals surface area contributed by atoms with Crippen LogP contribution in [0.1, 0.15) is 33.4 Å². The van der Waals surface area contributed by atoms with E-state index < -0.39 is 0 Å². The average molecular weight is 897 g/mol. The Morgan fingerprint density at radius 2 is 0.243 bits per heavy atom. The first-order chi connectivity index (χ1) is 36.9. The van der Waals surface area contributed by atoms with E-state index in [4.69, 9.17) is 0 Å². The summed E-state index contributed by atoms with van der Waals surface area (Å²) in [6, 6.07) is 19.6. The molecule has 0 saturated heterocycles. The molecule has 0 bridgehead atoms.